The molecule has 23 heavy (non-hydrogen) atoms. The number of benzene rings is 1. The number of pyridine rings is 1. The van der Waals surface area contributed by atoms with Gasteiger partial charge in [-0.05, 0) is 30.3 Å². The van der Waals surface area contributed by atoms with Crippen molar-refractivity contribution in [2.24, 2.45) is 0 Å². The molecule has 1 aliphatic rings. The Hall–Kier alpha value is -2.08. The molecule has 2 aromatic rings. The molecule has 1 aromatic heterocycles. The Balaban J connectivity index is 1.49. The van der Waals surface area contributed by atoms with E-state index in [-0.39, 0.29) is 6.03 Å². The maximum atomic E-state index is 12.2. The highest BCUT2D eigenvalue weighted by Crippen LogP contribution is 2.21. The van der Waals surface area contributed by atoms with Gasteiger partial charge in [0.2, 0.25) is 0 Å². The van der Waals surface area contributed by atoms with Crippen LogP contribution in [0.3, 0.4) is 0 Å². The number of nitrogens with zero attached hydrogens (tertiary/aromatic N) is 3. The van der Waals surface area contributed by atoms with E-state index >= 15 is 0 Å². The fraction of sp³-hybridized carbons (Fsp3) is 0.294. The second-order valence-electron chi connectivity index (χ2n) is 5.43. The summed E-state index contributed by atoms with van der Waals surface area (Å²) >= 11 is 3.50. The number of hydrogen-bond acceptors (Lipinski definition) is 3. The van der Waals surface area contributed by atoms with Crippen LogP contribution in [-0.4, -0.2) is 42.1 Å². The van der Waals surface area contributed by atoms with Crippen LogP contribution in [0, 0.1) is 0 Å². The Morgan fingerprint density at radius 1 is 1.13 bits per heavy atom. The lowest BCUT2D eigenvalue weighted by Crippen LogP contribution is -2.51. The van der Waals surface area contributed by atoms with E-state index in [1.807, 2.05) is 35.2 Å². The molecular weight excluding hydrogens is 356 g/mol. The molecule has 0 radical (unpaired) electrons. The van der Waals surface area contributed by atoms with Crippen LogP contribution in [0.5, 0.6) is 0 Å². The van der Waals surface area contributed by atoms with Gasteiger partial charge in [-0.2, -0.15) is 0 Å². The van der Waals surface area contributed by atoms with E-state index in [0.29, 0.717) is 6.54 Å². The van der Waals surface area contributed by atoms with E-state index in [0.717, 1.165) is 36.3 Å². The Bertz CT molecular complexity index is 657. The average Bonchev–Trinajstić information content (AvgIpc) is 2.61. The molecule has 1 aliphatic heterocycles. The van der Waals surface area contributed by atoms with Crippen LogP contribution in [0.25, 0.3) is 0 Å². The maximum absolute atomic E-state index is 12.2. The van der Waals surface area contributed by atoms with Crippen LogP contribution in [-0.2, 0) is 6.54 Å². The van der Waals surface area contributed by atoms with Crippen molar-refractivity contribution in [3.8, 4) is 0 Å². The summed E-state index contributed by atoms with van der Waals surface area (Å²) in [5, 5.41) is 2.93. The summed E-state index contributed by atoms with van der Waals surface area (Å²) in [5.41, 5.74) is 2.06. The molecule has 0 aliphatic carbocycles. The number of urea groups is 1. The number of carbonyl (C=O) groups is 1. The molecule has 0 spiro atoms. The summed E-state index contributed by atoms with van der Waals surface area (Å²) < 4.78 is 1.07. The van der Waals surface area contributed by atoms with Crippen LogP contribution >= 0.6 is 15.9 Å². The van der Waals surface area contributed by atoms with Gasteiger partial charge >= 0.3 is 6.03 Å². The van der Waals surface area contributed by atoms with Crippen LogP contribution in [0.15, 0.2) is 53.1 Å². The highest BCUT2D eigenvalue weighted by Gasteiger charge is 2.21. The van der Waals surface area contributed by atoms with Crippen molar-refractivity contribution in [3.05, 3.63) is 58.8 Å². The van der Waals surface area contributed by atoms with Crippen LogP contribution < -0.4 is 10.2 Å². The summed E-state index contributed by atoms with van der Waals surface area (Å²) in [4.78, 5) is 20.6. The molecule has 1 N–H and O–H groups in total. The summed E-state index contributed by atoms with van der Waals surface area (Å²) in [6, 6.07) is 13.9. The SMILES string of the molecule is O=C(NCc1ccccn1)N1CCN(c2cccc(Br)c2)CC1. The lowest BCUT2D eigenvalue weighted by Gasteiger charge is -2.36. The third-order valence-corrected chi connectivity index (χ3v) is 4.38. The van der Waals surface area contributed by atoms with Crippen molar-refractivity contribution >= 4 is 27.6 Å². The molecular formula is C17H19BrN4O. The maximum Gasteiger partial charge on any atom is 0.317 e. The number of aromatic nitrogens is 1. The Morgan fingerprint density at radius 3 is 2.65 bits per heavy atom. The van der Waals surface area contributed by atoms with E-state index in [4.69, 9.17) is 0 Å². The van der Waals surface area contributed by atoms with Gasteiger partial charge in [-0.25, -0.2) is 4.79 Å². The predicted octanol–water partition coefficient (Wildman–Crippen LogP) is 2.88. The quantitative estimate of drug-likeness (QED) is 0.898. The molecule has 0 atom stereocenters. The number of rotatable bonds is 3. The molecule has 3 rings (SSSR count). The third-order valence-electron chi connectivity index (χ3n) is 3.89. The second kappa shape index (κ2) is 7.46. The first-order valence-electron chi connectivity index (χ1n) is 7.65. The van der Waals surface area contributed by atoms with Crippen LogP contribution in [0.4, 0.5) is 10.5 Å². The van der Waals surface area contributed by atoms with Gasteiger partial charge in [0, 0.05) is 42.5 Å². The Labute approximate surface area is 144 Å². The number of nitrogens with one attached hydrogen (secondary N) is 1. The van der Waals surface area contributed by atoms with Gasteiger partial charge < -0.3 is 15.1 Å². The lowest BCUT2D eigenvalue weighted by molar-refractivity contribution is 0.194. The van der Waals surface area contributed by atoms with Crippen molar-refractivity contribution in [2.45, 2.75) is 6.54 Å². The molecule has 1 fully saturated rings. The van der Waals surface area contributed by atoms with Crippen molar-refractivity contribution in [3.63, 3.8) is 0 Å². The minimum absolute atomic E-state index is 0.0236. The Kier molecular flexibility index (Phi) is 5.12. The third kappa shape index (κ3) is 4.22. The molecule has 5 nitrogen and oxygen atoms in total. The molecule has 2 heterocycles. The summed E-state index contributed by atoms with van der Waals surface area (Å²) in [6.45, 7) is 3.59. The summed E-state index contributed by atoms with van der Waals surface area (Å²) in [5.74, 6) is 0. The largest absolute Gasteiger partial charge is 0.368 e. The number of carbonyl (C=O) groups excluding carboxylic acids is 1. The van der Waals surface area contributed by atoms with Gasteiger partial charge in [0.15, 0.2) is 0 Å². The van der Waals surface area contributed by atoms with Gasteiger partial charge in [-0.15, -0.1) is 0 Å². The number of amides is 2. The van der Waals surface area contributed by atoms with Crippen molar-refractivity contribution < 1.29 is 4.79 Å². The lowest BCUT2D eigenvalue weighted by atomic mass is 10.2. The van der Waals surface area contributed by atoms with E-state index in [1.165, 1.54) is 5.69 Å². The monoisotopic (exact) mass is 374 g/mol. The van der Waals surface area contributed by atoms with Crippen molar-refractivity contribution in [1.82, 2.24) is 15.2 Å². The smallest absolute Gasteiger partial charge is 0.317 e. The van der Waals surface area contributed by atoms with Gasteiger partial charge in [0.05, 0.1) is 12.2 Å². The first-order chi connectivity index (χ1) is 11.2. The van der Waals surface area contributed by atoms with Crippen LogP contribution in [0.2, 0.25) is 0 Å². The zero-order chi connectivity index (χ0) is 16.1. The van der Waals surface area contributed by atoms with E-state index in [9.17, 15) is 4.79 Å². The Morgan fingerprint density at radius 2 is 1.96 bits per heavy atom. The molecule has 0 unspecified atom stereocenters. The average molecular weight is 375 g/mol. The fourth-order valence-corrected chi connectivity index (χ4v) is 3.01. The molecule has 1 aromatic carbocycles. The summed E-state index contributed by atoms with van der Waals surface area (Å²) in [7, 11) is 0. The highest BCUT2D eigenvalue weighted by atomic mass is 79.9. The number of halogens is 1. The molecule has 6 heteroatoms. The molecule has 0 saturated carbocycles. The van der Waals surface area contributed by atoms with Crippen LogP contribution in [0.1, 0.15) is 5.69 Å². The number of anilines is 1. The van der Waals surface area contributed by atoms with Crippen molar-refractivity contribution in [2.75, 3.05) is 31.1 Å². The zero-order valence-corrected chi connectivity index (χ0v) is 14.4. The minimum atomic E-state index is -0.0236. The zero-order valence-electron chi connectivity index (χ0n) is 12.8. The minimum Gasteiger partial charge on any atom is -0.368 e. The number of piperazine rings is 1. The molecule has 2 amide bonds. The standard InChI is InChI=1S/C17H19BrN4O/c18-14-4-3-6-16(12-14)21-8-10-22(11-9-21)17(23)20-13-15-5-1-2-7-19-15/h1-7,12H,8-11,13H2,(H,20,23). The van der Waals surface area contributed by atoms with Gasteiger partial charge in [-0.3, -0.25) is 4.98 Å². The van der Waals surface area contributed by atoms with E-state index in [1.54, 1.807) is 6.20 Å². The first-order valence-corrected chi connectivity index (χ1v) is 8.45. The van der Waals surface area contributed by atoms with Gasteiger partial charge in [0.25, 0.3) is 0 Å². The molecule has 1 saturated heterocycles. The first kappa shape index (κ1) is 15.8. The highest BCUT2D eigenvalue weighted by molar-refractivity contribution is 9.10. The number of hydrogen-bond donors (Lipinski definition) is 1. The predicted molar refractivity (Wildman–Crippen MR) is 94.4 cm³/mol. The topological polar surface area (TPSA) is 48.5 Å². The summed E-state index contributed by atoms with van der Waals surface area (Å²) in [6.07, 6.45) is 1.73. The fourth-order valence-electron chi connectivity index (χ4n) is 2.62. The van der Waals surface area contributed by atoms with Gasteiger partial charge in [0.1, 0.15) is 0 Å². The second-order valence-corrected chi connectivity index (χ2v) is 6.35. The van der Waals surface area contributed by atoms with Gasteiger partial charge in [-0.1, -0.05) is 28.1 Å². The normalized spacial score (nSPS) is 14.7. The van der Waals surface area contributed by atoms with Crippen molar-refractivity contribution in [1.29, 1.82) is 0 Å². The van der Waals surface area contributed by atoms with E-state index < -0.39 is 0 Å². The molecule has 0 bridgehead atoms. The van der Waals surface area contributed by atoms with E-state index in [2.05, 4.69) is 43.3 Å². The molecule has 120 valence electrons.